The van der Waals surface area contributed by atoms with E-state index in [4.69, 9.17) is 28.4 Å². The molecule has 1 fully saturated rings. The van der Waals surface area contributed by atoms with Crippen molar-refractivity contribution < 1.29 is 43.1 Å². The summed E-state index contributed by atoms with van der Waals surface area (Å²) in [4.78, 5) is 23.7. The van der Waals surface area contributed by atoms with Gasteiger partial charge in [-0.1, -0.05) is 66.7 Å². The molecule has 1 saturated heterocycles. The Balaban J connectivity index is 1.81. The van der Waals surface area contributed by atoms with Gasteiger partial charge in [-0.2, -0.15) is 0 Å². The first kappa shape index (κ1) is 30.3. The van der Waals surface area contributed by atoms with Gasteiger partial charge in [-0.3, -0.25) is 4.79 Å². The Kier molecular flexibility index (Phi) is 12.4. The van der Waals surface area contributed by atoms with Gasteiger partial charge in [-0.05, 0) is 31.1 Å². The Morgan fingerprint density at radius 2 is 1.62 bits per heavy atom. The van der Waals surface area contributed by atoms with Gasteiger partial charge in [0.1, 0.15) is 24.4 Å². The van der Waals surface area contributed by atoms with Gasteiger partial charge in [0.25, 0.3) is 0 Å². The number of carbonyl (C=O) groups excluding carboxylic acids is 2. The molecule has 1 unspecified atom stereocenters. The van der Waals surface area contributed by atoms with Crippen LogP contribution in [0.5, 0.6) is 0 Å². The molecule has 212 valence electrons. The first-order chi connectivity index (χ1) is 18.9. The second-order valence-electron chi connectivity index (χ2n) is 9.22. The fourth-order valence-corrected chi connectivity index (χ4v) is 4.27. The van der Waals surface area contributed by atoms with Gasteiger partial charge >= 0.3 is 12.1 Å². The van der Waals surface area contributed by atoms with Crippen LogP contribution in [0.15, 0.2) is 72.8 Å². The minimum absolute atomic E-state index is 0.00239. The molecular weight excluding hydrogens is 504 g/mol. The molecule has 1 N–H and O–H groups in total. The van der Waals surface area contributed by atoms with Crippen LogP contribution >= 0.6 is 0 Å². The van der Waals surface area contributed by atoms with E-state index in [0.717, 1.165) is 11.1 Å². The molecule has 1 aliphatic rings. The van der Waals surface area contributed by atoms with E-state index in [2.05, 4.69) is 0 Å². The Morgan fingerprint density at radius 3 is 2.21 bits per heavy atom. The molecule has 0 radical (unpaired) electrons. The van der Waals surface area contributed by atoms with Gasteiger partial charge in [0.15, 0.2) is 0 Å². The Bertz CT molecular complexity index is 1030. The molecule has 2 aromatic rings. The number of ether oxygens (including phenoxy) is 6. The van der Waals surface area contributed by atoms with Gasteiger partial charge in [0.2, 0.25) is 0 Å². The molecule has 1 heterocycles. The van der Waals surface area contributed by atoms with Crippen molar-refractivity contribution in [2.45, 2.75) is 76.5 Å². The maximum absolute atomic E-state index is 12.1. The van der Waals surface area contributed by atoms with Crippen molar-refractivity contribution in [2.24, 2.45) is 0 Å². The van der Waals surface area contributed by atoms with Crippen LogP contribution in [0.25, 0.3) is 0 Å². The smallest absolute Gasteiger partial charge is 0.469 e. The van der Waals surface area contributed by atoms with Crippen LogP contribution in [-0.4, -0.2) is 67.6 Å². The van der Waals surface area contributed by atoms with Crippen LogP contribution in [0.3, 0.4) is 0 Å². The molecule has 2 aromatic carbocycles. The normalized spacial score (nSPS) is 22.7. The molecule has 0 bridgehead atoms. The molecule has 9 nitrogen and oxygen atoms in total. The number of hydrogen-bond donors (Lipinski definition) is 1. The summed E-state index contributed by atoms with van der Waals surface area (Å²) >= 11 is 0. The number of methoxy groups -OCH3 is 1. The van der Waals surface area contributed by atoms with Crippen molar-refractivity contribution in [2.75, 3.05) is 13.7 Å². The lowest BCUT2D eigenvalue weighted by molar-refractivity contribution is -0.226. The number of esters is 1. The zero-order valence-corrected chi connectivity index (χ0v) is 22.6. The zero-order valence-electron chi connectivity index (χ0n) is 22.6. The molecule has 0 saturated carbocycles. The molecule has 1 aliphatic heterocycles. The summed E-state index contributed by atoms with van der Waals surface area (Å²) in [7, 11) is 1.32. The largest absolute Gasteiger partial charge is 0.508 e. The van der Waals surface area contributed by atoms with E-state index in [9.17, 15) is 14.7 Å². The third-order valence-electron chi connectivity index (χ3n) is 6.21. The van der Waals surface area contributed by atoms with Crippen molar-refractivity contribution in [1.29, 1.82) is 0 Å². The van der Waals surface area contributed by atoms with Crippen molar-refractivity contribution in [3.63, 3.8) is 0 Å². The van der Waals surface area contributed by atoms with E-state index >= 15 is 0 Å². The van der Waals surface area contributed by atoms with Gasteiger partial charge in [-0.25, -0.2) is 4.79 Å². The number of carbonyl (C=O) groups is 2. The highest BCUT2D eigenvalue weighted by Crippen LogP contribution is 2.31. The molecule has 3 rings (SSSR count). The van der Waals surface area contributed by atoms with E-state index in [1.54, 1.807) is 19.9 Å². The summed E-state index contributed by atoms with van der Waals surface area (Å²) < 4.78 is 33.7. The number of benzene rings is 2. The summed E-state index contributed by atoms with van der Waals surface area (Å²) in [5, 5.41) is 11.2. The van der Waals surface area contributed by atoms with E-state index < -0.39 is 48.7 Å². The van der Waals surface area contributed by atoms with Crippen LogP contribution < -0.4 is 0 Å². The second-order valence-corrected chi connectivity index (χ2v) is 9.22. The SMILES string of the molecule is CCOC(=O)O[C@H](C)/C=C\C(O)[C@@H]1O[C@H](CC(=O)OC)C[C@H](OCc2ccccc2)[C@H]1OCc1ccccc1. The summed E-state index contributed by atoms with van der Waals surface area (Å²) in [6, 6.07) is 19.4. The molecule has 0 aromatic heterocycles. The van der Waals surface area contributed by atoms with Gasteiger partial charge < -0.3 is 33.5 Å². The quantitative estimate of drug-likeness (QED) is 0.292. The van der Waals surface area contributed by atoms with Crippen molar-refractivity contribution in [3.05, 3.63) is 83.9 Å². The van der Waals surface area contributed by atoms with Crippen LogP contribution in [0.4, 0.5) is 4.79 Å². The molecule has 39 heavy (non-hydrogen) atoms. The van der Waals surface area contributed by atoms with Gasteiger partial charge in [0, 0.05) is 6.42 Å². The zero-order chi connectivity index (χ0) is 28.0. The Morgan fingerprint density at radius 1 is 1.00 bits per heavy atom. The minimum atomic E-state index is -1.15. The third-order valence-corrected chi connectivity index (χ3v) is 6.21. The number of rotatable bonds is 13. The topological polar surface area (TPSA) is 110 Å². The number of aliphatic hydroxyl groups excluding tert-OH is 1. The monoisotopic (exact) mass is 542 g/mol. The van der Waals surface area contributed by atoms with Crippen LogP contribution in [0.2, 0.25) is 0 Å². The maximum atomic E-state index is 12.1. The lowest BCUT2D eigenvalue weighted by Crippen LogP contribution is -2.55. The highest BCUT2D eigenvalue weighted by atomic mass is 16.7. The summed E-state index contributed by atoms with van der Waals surface area (Å²) in [5.41, 5.74) is 1.94. The lowest BCUT2D eigenvalue weighted by Gasteiger charge is -2.42. The van der Waals surface area contributed by atoms with Crippen LogP contribution in [0, 0.1) is 0 Å². The summed E-state index contributed by atoms with van der Waals surface area (Å²) in [6.07, 6.45) is -1.77. The average Bonchev–Trinajstić information content (AvgIpc) is 2.95. The molecular formula is C30H38O9. The van der Waals surface area contributed by atoms with Gasteiger partial charge in [-0.15, -0.1) is 0 Å². The van der Waals surface area contributed by atoms with Gasteiger partial charge in [0.05, 0.1) is 45.6 Å². The average molecular weight is 543 g/mol. The molecule has 0 amide bonds. The third kappa shape index (κ3) is 10.1. The maximum Gasteiger partial charge on any atom is 0.508 e. The number of hydrogen-bond acceptors (Lipinski definition) is 9. The standard InChI is InChI=1S/C30H38O9/c1-4-35-30(33)38-21(2)15-16-25(31)28-29(37-20-23-13-9-6-10-14-23)26(17-24(39-28)18-27(32)34-3)36-19-22-11-7-5-8-12-22/h5-16,21,24-26,28-29,31H,4,17-20H2,1-3H3/b16-15-/t21-,24+,25?,26+,28+,29-/m1/s1. The van der Waals surface area contributed by atoms with Crippen molar-refractivity contribution in [1.82, 2.24) is 0 Å². The summed E-state index contributed by atoms with van der Waals surface area (Å²) in [6.45, 7) is 4.13. The number of aliphatic hydroxyl groups is 1. The first-order valence-corrected chi connectivity index (χ1v) is 13.1. The predicted octanol–water partition coefficient (Wildman–Crippen LogP) is 4.36. The highest BCUT2D eigenvalue weighted by Gasteiger charge is 2.44. The lowest BCUT2D eigenvalue weighted by atomic mass is 9.92. The minimum Gasteiger partial charge on any atom is -0.469 e. The molecule has 0 aliphatic carbocycles. The molecule has 6 atom stereocenters. The Hall–Kier alpha value is -3.24. The highest BCUT2D eigenvalue weighted by molar-refractivity contribution is 5.69. The van der Waals surface area contributed by atoms with E-state index in [-0.39, 0.29) is 19.6 Å². The van der Waals surface area contributed by atoms with E-state index in [1.807, 2.05) is 60.7 Å². The fraction of sp³-hybridized carbons (Fsp3) is 0.467. The van der Waals surface area contributed by atoms with Crippen molar-refractivity contribution >= 4 is 12.1 Å². The predicted molar refractivity (Wildman–Crippen MR) is 143 cm³/mol. The van der Waals surface area contributed by atoms with E-state index in [0.29, 0.717) is 13.0 Å². The first-order valence-electron chi connectivity index (χ1n) is 13.1. The van der Waals surface area contributed by atoms with E-state index in [1.165, 1.54) is 13.2 Å². The molecule has 0 spiro atoms. The van der Waals surface area contributed by atoms with Crippen LogP contribution in [-0.2, 0) is 46.4 Å². The second kappa shape index (κ2) is 16.0. The molecule has 9 heteroatoms. The summed E-state index contributed by atoms with van der Waals surface area (Å²) in [5.74, 6) is -0.425. The van der Waals surface area contributed by atoms with Crippen LogP contribution in [0.1, 0.15) is 37.8 Å². The van der Waals surface area contributed by atoms with Crippen molar-refractivity contribution in [3.8, 4) is 0 Å². The Labute approximate surface area is 229 Å². The fourth-order valence-electron chi connectivity index (χ4n) is 4.27.